The molecule has 0 aliphatic rings. The van der Waals surface area contributed by atoms with Crippen LogP contribution in [0.4, 0.5) is 0 Å². The van der Waals surface area contributed by atoms with E-state index in [1.807, 2.05) is 25.1 Å². The van der Waals surface area contributed by atoms with Gasteiger partial charge in [0.25, 0.3) is 0 Å². The van der Waals surface area contributed by atoms with Crippen LogP contribution >= 0.6 is 0 Å². The van der Waals surface area contributed by atoms with Crippen molar-refractivity contribution in [3.05, 3.63) is 59.4 Å². The number of hydrogen-bond donors (Lipinski definition) is 1. The number of aromatic nitrogens is 1. The first-order chi connectivity index (χ1) is 9.72. The van der Waals surface area contributed by atoms with Crippen LogP contribution in [-0.4, -0.2) is 18.6 Å². The fourth-order valence-electron chi connectivity index (χ4n) is 2.32. The number of rotatable bonds is 6. The Labute approximate surface area is 121 Å². The van der Waals surface area contributed by atoms with E-state index < -0.39 is 0 Å². The minimum atomic E-state index is 0.229. The quantitative estimate of drug-likeness (QED) is 0.874. The molecule has 1 aromatic heterocycles. The highest BCUT2D eigenvalue weighted by atomic mass is 16.5. The molecular weight excluding hydrogens is 248 g/mol. The monoisotopic (exact) mass is 270 g/mol. The number of likely N-dealkylation sites (N-methyl/N-ethyl adjacent to an activating group) is 1. The predicted octanol–water partition coefficient (Wildman–Crippen LogP) is 3.29. The molecular formula is C17H22N2O. The van der Waals surface area contributed by atoms with Gasteiger partial charge in [0.05, 0.1) is 18.8 Å². The molecule has 3 heteroatoms. The number of nitrogens with zero attached hydrogens (tertiary/aromatic N) is 1. The Hall–Kier alpha value is -1.87. The molecule has 0 bridgehead atoms. The lowest BCUT2D eigenvalue weighted by Gasteiger charge is -2.18. The Morgan fingerprint density at radius 1 is 1.20 bits per heavy atom. The van der Waals surface area contributed by atoms with Crippen molar-refractivity contribution in [2.45, 2.75) is 26.3 Å². The number of aryl methyl sites for hydroxylation is 1. The highest BCUT2D eigenvalue weighted by molar-refractivity contribution is 5.30. The van der Waals surface area contributed by atoms with Crippen LogP contribution < -0.4 is 10.1 Å². The molecule has 0 aliphatic carbocycles. The molecule has 1 unspecified atom stereocenters. The molecule has 0 radical (unpaired) electrons. The van der Waals surface area contributed by atoms with E-state index in [4.69, 9.17) is 4.74 Å². The fourth-order valence-corrected chi connectivity index (χ4v) is 2.32. The summed E-state index contributed by atoms with van der Waals surface area (Å²) >= 11 is 0. The maximum Gasteiger partial charge on any atom is 0.119 e. The van der Waals surface area contributed by atoms with E-state index in [0.29, 0.717) is 0 Å². The Kier molecular flexibility index (Phi) is 5.13. The van der Waals surface area contributed by atoms with Gasteiger partial charge in [0.1, 0.15) is 5.75 Å². The second-order valence-electron chi connectivity index (χ2n) is 4.87. The van der Waals surface area contributed by atoms with Gasteiger partial charge in [-0.25, -0.2) is 0 Å². The largest absolute Gasteiger partial charge is 0.497 e. The molecule has 3 nitrogen and oxygen atoms in total. The molecule has 1 N–H and O–H groups in total. The molecule has 0 spiro atoms. The van der Waals surface area contributed by atoms with Crippen LogP contribution in [0.25, 0.3) is 0 Å². The predicted molar refractivity (Wildman–Crippen MR) is 82.1 cm³/mol. The maximum absolute atomic E-state index is 5.29. The first-order valence-electron chi connectivity index (χ1n) is 7.02. The van der Waals surface area contributed by atoms with Gasteiger partial charge in [0.2, 0.25) is 0 Å². The molecule has 0 fully saturated rings. The van der Waals surface area contributed by atoms with Crippen molar-refractivity contribution >= 4 is 0 Å². The summed E-state index contributed by atoms with van der Waals surface area (Å²) in [6.07, 6.45) is 0.904. The van der Waals surface area contributed by atoms with Crippen LogP contribution in [0.15, 0.2) is 42.5 Å². The van der Waals surface area contributed by atoms with Crippen molar-refractivity contribution in [1.82, 2.24) is 10.3 Å². The molecule has 106 valence electrons. The van der Waals surface area contributed by atoms with Gasteiger partial charge in [0, 0.05) is 5.69 Å². The van der Waals surface area contributed by atoms with Crippen molar-refractivity contribution in [3.8, 4) is 5.75 Å². The summed E-state index contributed by atoms with van der Waals surface area (Å²) in [5.41, 5.74) is 3.39. The second kappa shape index (κ2) is 7.06. The summed E-state index contributed by atoms with van der Waals surface area (Å²) in [5, 5.41) is 3.51. The van der Waals surface area contributed by atoms with Gasteiger partial charge in [-0.05, 0) is 49.7 Å². The van der Waals surface area contributed by atoms with Crippen LogP contribution in [0, 0.1) is 6.92 Å². The molecule has 1 atom stereocenters. The summed E-state index contributed by atoms with van der Waals surface area (Å²) in [6.45, 7) is 5.07. The number of methoxy groups -OCH3 is 1. The zero-order valence-electron chi connectivity index (χ0n) is 12.4. The first-order valence-corrected chi connectivity index (χ1v) is 7.02. The minimum absolute atomic E-state index is 0.229. The van der Waals surface area contributed by atoms with Crippen LogP contribution in [0.1, 0.15) is 29.9 Å². The highest BCUT2D eigenvalue weighted by Gasteiger charge is 2.13. The van der Waals surface area contributed by atoms with Crippen LogP contribution in [0.2, 0.25) is 0 Å². The molecule has 2 aromatic rings. The number of ether oxygens (including phenoxy) is 1. The first kappa shape index (κ1) is 14.5. The number of benzene rings is 1. The van der Waals surface area contributed by atoms with Crippen molar-refractivity contribution in [2.24, 2.45) is 0 Å². The summed E-state index contributed by atoms with van der Waals surface area (Å²) in [7, 11) is 1.70. The van der Waals surface area contributed by atoms with Gasteiger partial charge in [-0.1, -0.05) is 25.1 Å². The molecule has 0 saturated carbocycles. The molecule has 20 heavy (non-hydrogen) atoms. The second-order valence-corrected chi connectivity index (χ2v) is 4.87. The third kappa shape index (κ3) is 3.81. The fraction of sp³-hybridized carbons (Fsp3) is 0.353. The lowest BCUT2D eigenvalue weighted by atomic mass is 10.0. The smallest absolute Gasteiger partial charge is 0.119 e. The summed E-state index contributed by atoms with van der Waals surface area (Å²) in [6, 6.07) is 14.6. The van der Waals surface area contributed by atoms with Gasteiger partial charge < -0.3 is 10.1 Å². The highest BCUT2D eigenvalue weighted by Crippen LogP contribution is 2.20. The Morgan fingerprint density at radius 2 is 2.00 bits per heavy atom. The van der Waals surface area contributed by atoms with E-state index in [0.717, 1.165) is 30.1 Å². The topological polar surface area (TPSA) is 34.1 Å². The third-order valence-electron chi connectivity index (χ3n) is 3.29. The summed E-state index contributed by atoms with van der Waals surface area (Å²) in [4.78, 5) is 4.64. The third-order valence-corrected chi connectivity index (χ3v) is 3.29. The molecule has 0 saturated heterocycles. The Balaban J connectivity index is 2.20. The zero-order valence-corrected chi connectivity index (χ0v) is 12.4. The summed E-state index contributed by atoms with van der Waals surface area (Å²) in [5.74, 6) is 0.898. The van der Waals surface area contributed by atoms with E-state index in [-0.39, 0.29) is 6.04 Å². The zero-order chi connectivity index (χ0) is 14.4. The molecule has 1 aromatic carbocycles. The van der Waals surface area contributed by atoms with E-state index in [2.05, 4.69) is 41.5 Å². The van der Waals surface area contributed by atoms with Gasteiger partial charge in [-0.2, -0.15) is 0 Å². The van der Waals surface area contributed by atoms with Crippen LogP contribution in [-0.2, 0) is 6.42 Å². The summed E-state index contributed by atoms with van der Waals surface area (Å²) < 4.78 is 5.29. The molecule has 1 heterocycles. The molecule has 0 aliphatic heterocycles. The average molecular weight is 270 g/mol. The van der Waals surface area contributed by atoms with Gasteiger partial charge in [0.15, 0.2) is 0 Å². The van der Waals surface area contributed by atoms with E-state index in [1.165, 1.54) is 5.56 Å². The molecule has 0 amide bonds. The van der Waals surface area contributed by atoms with Crippen molar-refractivity contribution in [3.63, 3.8) is 0 Å². The minimum Gasteiger partial charge on any atom is -0.497 e. The van der Waals surface area contributed by atoms with Crippen LogP contribution in [0.5, 0.6) is 5.75 Å². The normalized spacial score (nSPS) is 12.2. The van der Waals surface area contributed by atoms with E-state index in [9.17, 15) is 0 Å². The number of hydrogen-bond acceptors (Lipinski definition) is 3. The van der Waals surface area contributed by atoms with E-state index in [1.54, 1.807) is 7.11 Å². The number of pyridine rings is 1. The van der Waals surface area contributed by atoms with Gasteiger partial charge in [-0.15, -0.1) is 0 Å². The van der Waals surface area contributed by atoms with Crippen molar-refractivity contribution in [1.29, 1.82) is 0 Å². The average Bonchev–Trinajstić information content (AvgIpc) is 2.47. The van der Waals surface area contributed by atoms with Crippen molar-refractivity contribution < 1.29 is 4.74 Å². The Morgan fingerprint density at radius 3 is 2.70 bits per heavy atom. The SMILES string of the molecule is CCNC(Cc1cccc(OC)c1)c1cccc(C)n1. The standard InChI is InChI=1S/C17H22N2O/c1-4-18-17(16-10-5-7-13(2)19-16)12-14-8-6-9-15(11-14)20-3/h5-11,17-18H,4,12H2,1-3H3. The maximum atomic E-state index is 5.29. The lowest BCUT2D eigenvalue weighted by Crippen LogP contribution is -2.24. The van der Waals surface area contributed by atoms with E-state index >= 15 is 0 Å². The van der Waals surface area contributed by atoms with Gasteiger partial charge in [-0.3, -0.25) is 4.98 Å². The lowest BCUT2D eigenvalue weighted by molar-refractivity contribution is 0.413. The van der Waals surface area contributed by atoms with Crippen LogP contribution in [0.3, 0.4) is 0 Å². The Bertz CT molecular complexity index is 554. The van der Waals surface area contributed by atoms with Crippen molar-refractivity contribution in [2.75, 3.05) is 13.7 Å². The molecule has 2 rings (SSSR count). The van der Waals surface area contributed by atoms with Gasteiger partial charge >= 0.3 is 0 Å². The number of nitrogens with one attached hydrogen (secondary N) is 1.